The van der Waals surface area contributed by atoms with Crippen LogP contribution in [0.5, 0.6) is 5.75 Å². The third kappa shape index (κ3) is 5.13. The molecule has 0 aliphatic carbocycles. The molecular weight excluding hydrogens is 422 g/mol. The molecular formula is C29H27N3O2. The Bertz CT molecular complexity index is 1240. The van der Waals surface area contributed by atoms with Gasteiger partial charge in [-0.25, -0.2) is 0 Å². The summed E-state index contributed by atoms with van der Waals surface area (Å²) in [5, 5.41) is 9.59. The van der Waals surface area contributed by atoms with Crippen LogP contribution in [0.3, 0.4) is 0 Å². The number of anilines is 1. The number of hydrogen-bond donors (Lipinski definition) is 0. The van der Waals surface area contributed by atoms with Gasteiger partial charge >= 0.3 is 0 Å². The minimum atomic E-state index is 0.184. The summed E-state index contributed by atoms with van der Waals surface area (Å²) in [6.45, 7) is 1.91. The molecule has 0 spiro atoms. The first-order valence-corrected chi connectivity index (χ1v) is 11.8. The van der Waals surface area contributed by atoms with Gasteiger partial charge in [0.05, 0.1) is 0 Å². The Morgan fingerprint density at radius 3 is 2.21 bits per heavy atom. The van der Waals surface area contributed by atoms with Gasteiger partial charge in [-0.1, -0.05) is 72.8 Å². The van der Waals surface area contributed by atoms with Gasteiger partial charge in [-0.2, -0.15) is 10.2 Å². The standard InChI is InChI=1S/C29H27N3O2/c30-20-27-29(32-17-15-23(16-18-32)19-22-7-3-1-4-8-22)34-28(31-27)21-33-26-13-11-25(12-14-26)24-9-5-2-6-10-24/h1-14,23H,15-19,21H2. The highest BCUT2D eigenvalue weighted by atomic mass is 16.5. The predicted molar refractivity (Wildman–Crippen MR) is 133 cm³/mol. The number of hydrogen-bond acceptors (Lipinski definition) is 5. The van der Waals surface area contributed by atoms with E-state index in [2.05, 4.69) is 58.4 Å². The normalized spacial score (nSPS) is 14.0. The molecule has 0 amide bonds. The summed E-state index contributed by atoms with van der Waals surface area (Å²) in [7, 11) is 0. The minimum absolute atomic E-state index is 0.184. The van der Waals surface area contributed by atoms with E-state index in [4.69, 9.17) is 9.15 Å². The summed E-state index contributed by atoms with van der Waals surface area (Å²) >= 11 is 0. The Morgan fingerprint density at radius 1 is 0.882 bits per heavy atom. The lowest BCUT2D eigenvalue weighted by atomic mass is 9.90. The largest absolute Gasteiger partial charge is 0.484 e. The van der Waals surface area contributed by atoms with E-state index in [1.54, 1.807) is 0 Å². The number of rotatable bonds is 7. The van der Waals surface area contributed by atoms with E-state index in [0.717, 1.165) is 49.2 Å². The molecule has 5 rings (SSSR count). The minimum Gasteiger partial charge on any atom is -0.484 e. The van der Waals surface area contributed by atoms with Crippen LogP contribution in [0.1, 0.15) is 30.0 Å². The van der Waals surface area contributed by atoms with Crippen LogP contribution in [0, 0.1) is 17.2 Å². The van der Waals surface area contributed by atoms with Crippen molar-refractivity contribution < 1.29 is 9.15 Å². The number of benzene rings is 3. The highest BCUT2D eigenvalue weighted by molar-refractivity contribution is 5.63. The molecule has 3 aromatic carbocycles. The molecule has 0 N–H and O–H groups in total. The zero-order chi connectivity index (χ0) is 23.2. The highest BCUT2D eigenvalue weighted by Crippen LogP contribution is 2.29. The number of nitrogens with zero attached hydrogens (tertiary/aromatic N) is 3. The average Bonchev–Trinajstić information content (AvgIpc) is 3.33. The molecule has 1 aromatic heterocycles. The van der Waals surface area contributed by atoms with Gasteiger partial charge in [0.1, 0.15) is 11.8 Å². The van der Waals surface area contributed by atoms with Gasteiger partial charge < -0.3 is 14.1 Å². The van der Waals surface area contributed by atoms with E-state index in [0.29, 0.717) is 23.4 Å². The molecule has 5 nitrogen and oxygen atoms in total. The molecule has 1 aliphatic rings. The van der Waals surface area contributed by atoms with Gasteiger partial charge in [-0.3, -0.25) is 0 Å². The van der Waals surface area contributed by atoms with E-state index >= 15 is 0 Å². The first-order chi connectivity index (χ1) is 16.8. The fourth-order valence-corrected chi connectivity index (χ4v) is 4.51. The number of ether oxygens (including phenoxy) is 1. The number of piperidine rings is 1. The van der Waals surface area contributed by atoms with Gasteiger partial charge in [0.2, 0.25) is 17.5 Å². The molecule has 1 saturated heterocycles. The third-order valence-electron chi connectivity index (χ3n) is 6.35. The smallest absolute Gasteiger partial charge is 0.236 e. The first-order valence-electron chi connectivity index (χ1n) is 11.8. The van der Waals surface area contributed by atoms with E-state index in [-0.39, 0.29) is 6.61 Å². The van der Waals surface area contributed by atoms with E-state index < -0.39 is 0 Å². The molecule has 170 valence electrons. The van der Waals surface area contributed by atoms with Crippen molar-refractivity contribution in [1.82, 2.24) is 4.98 Å². The Hall–Kier alpha value is -4.04. The summed E-state index contributed by atoms with van der Waals surface area (Å²) in [6, 6.07) is 31.0. The molecule has 0 saturated carbocycles. The summed E-state index contributed by atoms with van der Waals surface area (Å²) in [5.41, 5.74) is 4.01. The predicted octanol–water partition coefficient (Wildman–Crippen LogP) is 6.25. The van der Waals surface area contributed by atoms with E-state index in [1.165, 1.54) is 5.56 Å². The molecule has 5 heteroatoms. The van der Waals surface area contributed by atoms with Crippen LogP contribution >= 0.6 is 0 Å². The summed E-state index contributed by atoms with van der Waals surface area (Å²) < 4.78 is 11.9. The van der Waals surface area contributed by atoms with Crippen LogP contribution < -0.4 is 9.64 Å². The van der Waals surface area contributed by atoms with Crippen LogP contribution in [0.2, 0.25) is 0 Å². The first kappa shape index (κ1) is 21.8. The van der Waals surface area contributed by atoms with Crippen molar-refractivity contribution >= 4 is 5.88 Å². The summed E-state index contributed by atoms with van der Waals surface area (Å²) in [5.74, 6) is 2.37. The molecule has 0 atom stereocenters. The zero-order valence-corrected chi connectivity index (χ0v) is 19.1. The number of oxazole rings is 1. The monoisotopic (exact) mass is 449 g/mol. The van der Waals surface area contributed by atoms with Crippen LogP contribution in [-0.4, -0.2) is 18.1 Å². The van der Waals surface area contributed by atoms with Crippen LogP contribution in [0.4, 0.5) is 5.88 Å². The van der Waals surface area contributed by atoms with Gasteiger partial charge in [-0.15, -0.1) is 0 Å². The molecule has 34 heavy (non-hydrogen) atoms. The van der Waals surface area contributed by atoms with Gasteiger partial charge in [0.15, 0.2) is 6.61 Å². The van der Waals surface area contributed by atoms with Crippen LogP contribution in [0.15, 0.2) is 89.3 Å². The second-order valence-electron chi connectivity index (χ2n) is 8.67. The van der Waals surface area contributed by atoms with E-state index in [9.17, 15) is 5.26 Å². The van der Waals surface area contributed by atoms with Crippen molar-refractivity contribution in [3.63, 3.8) is 0 Å². The lowest BCUT2D eigenvalue weighted by Crippen LogP contribution is -2.34. The highest BCUT2D eigenvalue weighted by Gasteiger charge is 2.25. The van der Waals surface area contributed by atoms with Crippen molar-refractivity contribution in [1.29, 1.82) is 5.26 Å². The number of nitriles is 1. The molecule has 0 radical (unpaired) electrons. The van der Waals surface area contributed by atoms with Crippen LogP contribution in [-0.2, 0) is 13.0 Å². The van der Waals surface area contributed by atoms with Gasteiger partial charge in [-0.05, 0) is 54.0 Å². The van der Waals surface area contributed by atoms with Gasteiger partial charge in [0.25, 0.3) is 0 Å². The Morgan fingerprint density at radius 2 is 1.53 bits per heavy atom. The molecule has 1 fully saturated rings. The summed E-state index contributed by atoms with van der Waals surface area (Å²) in [6.07, 6.45) is 3.23. The maximum Gasteiger partial charge on any atom is 0.236 e. The fourth-order valence-electron chi connectivity index (χ4n) is 4.51. The van der Waals surface area contributed by atoms with Crippen molar-refractivity contribution in [2.45, 2.75) is 25.9 Å². The quantitative estimate of drug-likeness (QED) is 0.334. The van der Waals surface area contributed by atoms with Crippen LogP contribution in [0.25, 0.3) is 11.1 Å². The molecule has 1 aliphatic heterocycles. The SMILES string of the molecule is N#Cc1nc(COc2ccc(-c3ccccc3)cc2)oc1N1CCC(Cc2ccccc2)CC1. The maximum absolute atomic E-state index is 9.59. The Labute approximate surface area is 200 Å². The average molecular weight is 450 g/mol. The van der Waals surface area contributed by atoms with Crippen molar-refractivity contribution in [2.24, 2.45) is 5.92 Å². The topological polar surface area (TPSA) is 62.3 Å². The lowest BCUT2D eigenvalue weighted by molar-refractivity contribution is 0.262. The Kier molecular flexibility index (Phi) is 6.58. The second-order valence-corrected chi connectivity index (χ2v) is 8.67. The summed E-state index contributed by atoms with van der Waals surface area (Å²) in [4.78, 5) is 6.52. The molecule has 0 unspecified atom stereocenters. The zero-order valence-electron chi connectivity index (χ0n) is 19.1. The van der Waals surface area contributed by atoms with E-state index in [1.807, 2.05) is 42.5 Å². The maximum atomic E-state index is 9.59. The van der Waals surface area contributed by atoms with Gasteiger partial charge in [0, 0.05) is 13.1 Å². The molecule has 2 heterocycles. The number of aromatic nitrogens is 1. The van der Waals surface area contributed by atoms with Crippen molar-refractivity contribution in [3.05, 3.63) is 102 Å². The third-order valence-corrected chi connectivity index (χ3v) is 6.35. The fraction of sp³-hybridized carbons (Fsp3) is 0.241. The molecule has 4 aromatic rings. The lowest BCUT2D eigenvalue weighted by Gasteiger charge is -2.31. The second kappa shape index (κ2) is 10.3. The Balaban J connectivity index is 1.18. The molecule has 0 bridgehead atoms. The van der Waals surface area contributed by atoms with Crippen molar-refractivity contribution in [2.75, 3.05) is 18.0 Å². The van der Waals surface area contributed by atoms with Crippen molar-refractivity contribution in [3.8, 4) is 22.9 Å².